The first-order chi connectivity index (χ1) is 8.59. The Kier molecular flexibility index (Phi) is 4.58. The van der Waals surface area contributed by atoms with Gasteiger partial charge in [-0.3, -0.25) is 0 Å². The van der Waals surface area contributed by atoms with Crippen molar-refractivity contribution in [3.63, 3.8) is 0 Å². The number of halogens is 1. The summed E-state index contributed by atoms with van der Waals surface area (Å²) in [5.41, 5.74) is 6.04. The number of hydrogen-bond acceptors (Lipinski definition) is 3. The van der Waals surface area contributed by atoms with E-state index in [1.165, 1.54) is 24.3 Å². The van der Waals surface area contributed by atoms with Crippen molar-refractivity contribution in [1.29, 1.82) is 0 Å². The Bertz CT molecular complexity index is 547. The molecule has 0 bridgehead atoms. The number of sulfonamides is 1. The van der Waals surface area contributed by atoms with Crippen LogP contribution in [0.1, 0.15) is 26.3 Å². The second kappa shape index (κ2) is 5.46. The summed E-state index contributed by atoms with van der Waals surface area (Å²) in [6.45, 7) is 7.19. The van der Waals surface area contributed by atoms with E-state index in [2.05, 4.69) is 0 Å². The molecule has 1 aromatic rings. The monoisotopic (exact) mass is 288 g/mol. The van der Waals surface area contributed by atoms with Gasteiger partial charge < -0.3 is 5.73 Å². The molecule has 0 radical (unpaired) electrons. The fourth-order valence-electron chi connectivity index (χ4n) is 1.63. The first-order valence-corrected chi connectivity index (χ1v) is 7.56. The van der Waals surface area contributed by atoms with E-state index in [9.17, 15) is 12.8 Å². The number of benzene rings is 1. The van der Waals surface area contributed by atoms with Crippen LogP contribution in [0, 0.1) is 18.7 Å². The van der Waals surface area contributed by atoms with E-state index < -0.39 is 15.8 Å². The molecule has 1 rings (SSSR count). The summed E-state index contributed by atoms with van der Waals surface area (Å²) in [6.07, 6.45) is 0. The molecular weight excluding hydrogens is 267 g/mol. The first-order valence-electron chi connectivity index (χ1n) is 6.12. The normalized spacial score (nSPS) is 14.1. The summed E-state index contributed by atoms with van der Waals surface area (Å²) in [7, 11) is -2.24. The largest absolute Gasteiger partial charge is 0.398 e. The highest BCUT2D eigenvalue weighted by Gasteiger charge is 2.28. The number of nitrogen functional groups attached to an aromatic ring is 1. The molecule has 19 heavy (non-hydrogen) atoms. The highest BCUT2D eigenvalue weighted by molar-refractivity contribution is 7.89. The Morgan fingerprint density at radius 3 is 2.21 bits per heavy atom. The van der Waals surface area contributed by atoms with Crippen molar-refractivity contribution in [3.05, 3.63) is 23.5 Å². The molecule has 0 spiro atoms. The lowest BCUT2D eigenvalue weighted by Gasteiger charge is -2.27. The maximum atomic E-state index is 13.6. The maximum Gasteiger partial charge on any atom is 0.243 e. The van der Waals surface area contributed by atoms with E-state index in [1.807, 2.05) is 20.8 Å². The molecule has 0 aliphatic rings. The van der Waals surface area contributed by atoms with Crippen LogP contribution in [0.25, 0.3) is 0 Å². The third kappa shape index (κ3) is 3.06. The van der Waals surface area contributed by atoms with Gasteiger partial charge in [0.15, 0.2) is 0 Å². The van der Waals surface area contributed by atoms with Crippen molar-refractivity contribution in [1.82, 2.24) is 4.31 Å². The van der Waals surface area contributed by atoms with Crippen LogP contribution in [0.2, 0.25) is 0 Å². The first kappa shape index (κ1) is 15.9. The van der Waals surface area contributed by atoms with Gasteiger partial charge in [-0.1, -0.05) is 13.8 Å². The third-order valence-corrected chi connectivity index (χ3v) is 5.50. The van der Waals surface area contributed by atoms with Gasteiger partial charge in [-0.05, 0) is 31.9 Å². The molecule has 0 aromatic heterocycles. The van der Waals surface area contributed by atoms with E-state index in [4.69, 9.17) is 5.73 Å². The number of nitrogens with two attached hydrogens (primary N) is 1. The fraction of sp³-hybridized carbons (Fsp3) is 0.538. The lowest BCUT2D eigenvalue weighted by atomic mass is 10.1. The minimum absolute atomic E-state index is 0.108. The van der Waals surface area contributed by atoms with Gasteiger partial charge >= 0.3 is 0 Å². The standard InChI is InChI=1S/C13H21FN2O2S/c1-8(2)10(4)16(5)19(17,18)11-6-12(14)9(3)13(15)7-11/h6-8,10H,15H2,1-5H3. The van der Waals surface area contributed by atoms with Crippen LogP contribution in [0.5, 0.6) is 0 Å². The second-order valence-electron chi connectivity index (χ2n) is 5.13. The Balaban J connectivity index is 3.28. The van der Waals surface area contributed by atoms with Gasteiger partial charge in [0.25, 0.3) is 0 Å². The summed E-state index contributed by atoms with van der Waals surface area (Å²) < 4.78 is 39.7. The summed E-state index contributed by atoms with van der Waals surface area (Å²) in [6, 6.07) is 2.14. The zero-order valence-corrected chi connectivity index (χ0v) is 12.8. The Labute approximate surface area is 114 Å². The molecule has 0 aliphatic heterocycles. The van der Waals surface area contributed by atoms with Crippen LogP contribution in [-0.4, -0.2) is 25.8 Å². The smallest absolute Gasteiger partial charge is 0.243 e. The Morgan fingerprint density at radius 2 is 1.79 bits per heavy atom. The lowest BCUT2D eigenvalue weighted by molar-refractivity contribution is 0.315. The SMILES string of the molecule is Cc1c(N)cc(S(=O)(=O)N(C)C(C)C(C)C)cc1F. The molecule has 0 amide bonds. The highest BCUT2D eigenvalue weighted by atomic mass is 32.2. The predicted octanol–water partition coefficient (Wildman–Crippen LogP) is 2.38. The average Bonchev–Trinajstić information content (AvgIpc) is 2.33. The zero-order chi connectivity index (χ0) is 15.0. The lowest BCUT2D eigenvalue weighted by Crippen LogP contribution is -2.38. The van der Waals surface area contributed by atoms with Crippen molar-refractivity contribution < 1.29 is 12.8 Å². The van der Waals surface area contributed by atoms with Crippen LogP contribution in [0.4, 0.5) is 10.1 Å². The molecular formula is C13H21FN2O2S. The molecule has 0 saturated heterocycles. The van der Waals surface area contributed by atoms with E-state index in [0.29, 0.717) is 0 Å². The van der Waals surface area contributed by atoms with E-state index in [1.54, 1.807) is 0 Å². The van der Waals surface area contributed by atoms with Crippen molar-refractivity contribution in [2.45, 2.75) is 38.6 Å². The van der Waals surface area contributed by atoms with Crippen molar-refractivity contribution >= 4 is 15.7 Å². The molecule has 1 unspecified atom stereocenters. The van der Waals surface area contributed by atoms with Crippen molar-refractivity contribution in [2.24, 2.45) is 5.92 Å². The van der Waals surface area contributed by atoms with Crippen LogP contribution in [0.3, 0.4) is 0 Å². The minimum atomic E-state index is -3.73. The Hall–Kier alpha value is -1.14. The quantitative estimate of drug-likeness (QED) is 0.865. The molecule has 0 fully saturated rings. The van der Waals surface area contributed by atoms with Crippen LogP contribution in [0.15, 0.2) is 17.0 Å². The van der Waals surface area contributed by atoms with Gasteiger partial charge in [0.05, 0.1) is 4.90 Å². The molecule has 6 heteroatoms. The Morgan fingerprint density at radius 1 is 1.26 bits per heavy atom. The van der Waals surface area contributed by atoms with Gasteiger partial charge in [0.2, 0.25) is 10.0 Å². The maximum absolute atomic E-state index is 13.6. The zero-order valence-electron chi connectivity index (χ0n) is 11.9. The molecule has 2 N–H and O–H groups in total. The number of anilines is 1. The summed E-state index contributed by atoms with van der Waals surface area (Å²) in [5.74, 6) is -0.448. The van der Waals surface area contributed by atoms with Crippen LogP contribution in [-0.2, 0) is 10.0 Å². The molecule has 0 heterocycles. The topological polar surface area (TPSA) is 63.4 Å². The van der Waals surface area contributed by atoms with E-state index >= 15 is 0 Å². The highest BCUT2D eigenvalue weighted by Crippen LogP contribution is 2.25. The second-order valence-corrected chi connectivity index (χ2v) is 7.12. The molecule has 0 aliphatic carbocycles. The molecule has 1 aromatic carbocycles. The minimum Gasteiger partial charge on any atom is -0.398 e. The van der Waals surface area contributed by atoms with Gasteiger partial charge in [0.1, 0.15) is 5.82 Å². The predicted molar refractivity (Wildman–Crippen MR) is 74.8 cm³/mol. The van der Waals surface area contributed by atoms with Crippen molar-refractivity contribution in [2.75, 3.05) is 12.8 Å². The number of hydrogen-bond donors (Lipinski definition) is 1. The van der Waals surface area contributed by atoms with E-state index in [0.717, 1.165) is 6.07 Å². The molecule has 4 nitrogen and oxygen atoms in total. The van der Waals surface area contributed by atoms with Crippen LogP contribution < -0.4 is 5.73 Å². The van der Waals surface area contributed by atoms with Gasteiger partial charge in [0, 0.05) is 24.3 Å². The number of nitrogens with zero attached hydrogens (tertiary/aromatic N) is 1. The molecule has 0 saturated carbocycles. The summed E-state index contributed by atoms with van der Waals surface area (Å²) in [4.78, 5) is -0.108. The number of rotatable bonds is 4. The molecule has 1 atom stereocenters. The average molecular weight is 288 g/mol. The van der Waals surface area contributed by atoms with Gasteiger partial charge in [-0.25, -0.2) is 12.8 Å². The summed E-state index contributed by atoms with van der Waals surface area (Å²) >= 11 is 0. The van der Waals surface area contributed by atoms with E-state index in [-0.39, 0.29) is 28.1 Å². The fourth-order valence-corrected chi connectivity index (χ4v) is 3.17. The van der Waals surface area contributed by atoms with Gasteiger partial charge in [-0.15, -0.1) is 0 Å². The summed E-state index contributed by atoms with van der Waals surface area (Å²) in [5, 5.41) is 0. The van der Waals surface area contributed by atoms with Crippen molar-refractivity contribution in [3.8, 4) is 0 Å². The van der Waals surface area contributed by atoms with Gasteiger partial charge in [-0.2, -0.15) is 4.31 Å². The third-order valence-electron chi connectivity index (χ3n) is 3.57. The van der Waals surface area contributed by atoms with Crippen LogP contribution >= 0.6 is 0 Å². The molecule has 108 valence electrons.